The van der Waals surface area contributed by atoms with Crippen molar-refractivity contribution >= 4 is 21.6 Å². The first-order chi connectivity index (χ1) is 11.9. The Bertz CT molecular complexity index is 908. The second-order valence-corrected chi connectivity index (χ2v) is 7.10. The van der Waals surface area contributed by atoms with Gasteiger partial charge in [-0.2, -0.15) is 0 Å². The highest BCUT2D eigenvalue weighted by molar-refractivity contribution is 7.88. The number of para-hydroxylation sites is 1. The molecule has 0 spiro atoms. The Morgan fingerprint density at radius 2 is 1.88 bits per heavy atom. The molecule has 2 aromatic rings. The van der Waals surface area contributed by atoms with E-state index < -0.39 is 27.4 Å². The minimum Gasteiger partial charge on any atom is -0.479 e. The van der Waals surface area contributed by atoms with E-state index in [0.717, 1.165) is 18.2 Å². The molecule has 4 nitrogen and oxygen atoms in total. The Kier molecular flexibility index (Phi) is 6.76. The van der Waals surface area contributed by atoms with Gasteiger partial charge in [-0.15, -0.1) is 0 Å². The fourth-order valence-corrected chi connectivity index (χ4v) is 3.06. The topological polar surface area (TPSA) is 55.4 Å². The van der Waals surface area contributed by atoms with Crippen LogP contribution in [0.2, 0.25) is 5.02 Å². The summed E-state index contributed by atoms with van der Waals surface area (Å²) in [5.74, 6) is 3.50. The minimum atomic E-state index is -3.84. The number of hydrogen-bond donors (Lipinski definition) is 1. The first kappa shape index (κ1) is 19.2. The fourth-order valence-electron chi connectivity index (χ4n) is 1.84. The van der Waals surface area contributed by atoms with Crippen LogP contribution in [0.5, 0.6) is 5.75 Å². The van der Waals surface area contributed by atoms with Gasteiger partial charge in [0, 0.05) is 5.56 Å². The van der Waals surface area contributed by atoms with E-state index in [4.69, 9.17) is 16.3 Å². The second-order valence-electron chi connectivity index (χ2n) is 4.89. The van der Waals surface area contributed by atoms with Crippen molar-refractivity contribution in [2.45, 2.75) is 5.75 Å². The molecule has 0 unspecified atom stereocenters. The van der Waals surface area contributed by atoms with Crippen molar-refractivity contribution in [3.63, 3.8) is 0 Å². The zero-order chi connectivity index (χ0) is 18.3. The lowest BCUT2D eigenvalue weighted by Crippen LogP contribution is -2.26. The van der Waals surface area contributed by atoms with Gasteiger partial charge in [-0.05, 0) is 30.3 Å². The third kappa shape index (κ3) is 6.35. The van der Waals surface area contributed by atoms with Crippen molar-refractivity contribution in [3.05, 3.63) is 64.7 Å². The van der Waals surface area contributed by atoms with E-state index in [0.29, 0.717) is 10.8 Å². The van der Waals surface area contributed by atoms with Crippen molar-refractivity contribution in [2.24, 2.45) is 0 Å². The van der Waals surface area contributed by atoms with Crippen LogP contribution in [-0.4, -0.2) is 21.6 Å². The van der Waals surface area contributed by atoms with Crippen LogP contribution in [0.1, 0.15) is 5.56 Å². The van der Waals surface area contributed by atoms with E-state index in [9.17, 15) is 17.2 Å². The Morgan fingerprint density at radius 3 is 2.64 bits per heavy atom. The predicted octanol–water partition coefficient (Wildman–Crippen LogP) is 3.12. The van der Waals surface area contributed by atoms with E-state index >= 15 is 0 Å². The molecule has 132 valence electrons. The van der Waals surface area contributed by atoms with Crippen LogP contribution in [0.4, 0.5) is 8.78 Å². The van der Waals surface area contributed by atoms with Gasteiger partial charge in [-0.1, -0.05) is 35.6 Å². The molecular weight excluding hydrogens is 372 g/mol. The zero-order valence-electron chi connectivity index (χ0n) is 12.9. The van der Waals surface area contributed by atoms with E-state index in [2.05, 4.69) is 16.6 Å². The maximum Gasteiger partial charge on any atom is 0.216 e. The molecule has 0 saturated carbocycles. The predicted molar refractivity (Wildman–Crippen MR) is 91.7 cm³/mol. The van der Waals surface area contributed by atoms with Gasteiger partial charge in [0.15, 0.2) is 0 Å². The molecule has 0 aliphatic rings. The molecule has 0 aliphatic carbocycles. The number of rotatable bonds is 6. The van der Waals surface area contributed by atoms with Crippen LogP contribution < -0.4 is 9.46 Å². The molecular formula is C17H14ClF2NO3S. The second kappa shape index (κ2) is 8.81. The Morgan fingerprint density at radius 1 is 1.12 bits per heavy atom. The number of halogens is 3. The molecule has 2 aromatic carbocycles. The highest BCUT2D eigenvalue weighted by atomic mass is 35.5. The molecule has 0 amide bonds. The summed E-state index contributed by atoms with van der Waals surface area (Å²) in [7, 11) is -3.84. The largest absolute Gasteiger partial charge is 0.479 e. The first-order valence-corrected chi connectivity index (χ1v) is 9.15. The average molecular weight is 386 g/mol. The van der Waals surface area contributed by atoms with Gasteiger partial charge in [-0.3, -0.25) is 0 Å². The van der Waals surface area contributed by atoms with Gasteiger partial charge in [0.25, 0.3) is 0 Å². The first-order valence-electron chi connectivity index (χ1n) is 7.12. The molecule has 0 bridgehead atoms. The summed E-state index contributed by atoms with van der Waals surface area (Å²) in [6, 6.07) is 9.52. The molecule has 8 heteroatoms. The third-order valence-electron chi connectivity index (χ3n) is 3.00. The number of sulfonamides is 1. The smallest absolute Gasteiger partial charge is 0.216 e. The van der Waals surface area contributed by atoms with Gasteiger partial charge in [-0.25, -0.2) is 21.9 Å². The van der Waals surface area contributed by atoms with Crippen LogP contribution in [0.25, 0.3) is 0 Å². The summed E-state index contributed by atoms with van der Waals surface area (Å²) in [6.07, 6.45) is 0. The van der Waals surface area contributed by atoms with Gasteiger partial charge in [0.05, 0.1) is 17.3 Å². The zero-order valence-corrected chi connectivity index (χ0v) is 14.5. The Balaban J connectivity index is 1.83. The summed E-state index contributed by atoms with van der Waals surface area (Å²) in [6.45, 7) is -0.144. The summed E-state index contributed by atoms with van der Waals surface area (Å²) in [4.78, 5) is 0. The molecule has 0 fully saturated rings. The number of benzene rings is 2. The lowest BCUT2D eigenvalue weighted by molar-refractivity contribution is 0.370. The molecule has 1 N–H and O–H groups in total. The number of nitrogens with one attached hydrogen (secondary N) is 1. The van der Waals surface area contributed by atoms with Crippen LogP contribution >= 0.6 is 11.6 Å². The standard InChI is InChI=1S/C17H14ClF2NO3S/c18-15-5-1-2-6-17(15)24-10-4-3-9-21-25(22,23)12-13-11-14(19)7-8-16(13)20/h1-2,5-8,11,21H,9-10,12H2. The molecule has 0 atom stereocenters. The molecule has 2 rings (SSSR count). The maximum absolute atomic E-state index is 13.5. The molecule has 0 radical (unpaired) electrons. The van der Waals surface area contributed by atoms with Crippen molar-refractivity contribution in [3.8, 4) is 17.6 Å². The number of ether oxygens (including phenoxy) is 1. The van der Waals surface area contributed by atoms with Crippen LogP contribution in [0, 0.1) is 23.5 Å². The maximum atomic E-state index is 13.5. The van der Waals surface area contributed by atoms with E-state index in [-0.39, 0.29) is 18.7 Å². The molecule has 25 heavy (non-hydrogen) atoms. The van der Waals surface area contributed by atoms with Gasteiger partial charge < -0.3 is 4.74 Å². The molecule has 0 heterocycles. The Hall–Kier alpha value is -2.14. The fraction of sp³-hybridized carbons (Fsp3) is 0.176. The summed E-state index contributed by atoms with van der Waals surface area (Å²) in [5.41, 5.74) is -0.248. The SMILES string of the molecule is O=S(=O)(Cc1cc(F)ccc1F)NCC#CCOc1ccccc1Cl. The van der Waals surface area contributed by atoms with Gasteiger partial charge in [0.2, 0.25) is 10.0 Å². The van der Waals surface area contributed by atoms with Crippen LogP contribution in [0.15, 0.2) is 42.5 Å². The quantitative estimate of drug-likeness (QED) is 0.777. The van der Waals surface area contributed by atoms with Crippen molar-refractivity contribution in [1.82, 2.24) is 4.72 Å². The summed E-state index contributed by atoms with van der Waals surface area (Å²) < 4.78 is 57.7. The number of hydrogen-bond acceptors (Lipinski definition) is 3. The lowest BCUT2D eigenvalue weighted by atomic mass is 10.2. The highest BCUT2D eigenvalue weighted by Gasteiger charge is 2.14. The normalized spacial score (nSPS) is 10.8. The van der Waals surface area contributed by atoms with Gasteiger partial charge >= 0.3 is 0 Å². The lowest BCUT2D eigenvalue weighted by Gasteiger charge is -2.05. The average Bonchev–Trinajstić information content (AvgIpc) is 2.55. The highest BCUT2D eigenvalue weighted by Crippen LogP contribution is 2.22. The third-order valence-corrected chi connectivity index (χ3v) is 4.58. The van der Waals surface area contributed by atoms with Crippen LogP contribution in [0.3, 0.4) is 0 Å². The molecule has 0 aliphatic heterocycles. The van der Waals surface area contributed by atoms with Crippen molar-refractivity contribution < 1.29 is 21.9 Å². The molecule has 0 saturated heterocycles. The summed E-state index contributed by atoms with van der Waals surface area (Å²) >= 11 is 5.90. The van der Waals surface area contributed by atoms with E-state index in [1.165, 1.54) is 0 Å². The van der Waals surface area contributed by atoms with Crippen LogP contribution in [-0.2, 0) is 15.8 Å². The monoisotopic (exact) mass is 385 g/mol. The van der Waals surface area contributed by atoms with Crippen molar-refractivity contribution in [2.75, 3.05) is 13.2 Å². The summed E-state index contributed by atoms with van der Waals surface area (Å²) in [5, 5.41) is 0.446. The van der Waals surface area contributed by atoms with Gasteiger partial charge in [0.1, 0.15) is 24.0 Å². The molecule has 0 aromatic heterocycles. The minimum absolute atomic E-state index is 0.0317. The van der Waals surface area contributed by atoms with E-state index in [1.54, 1.807) is 24.3 Å². The Labute approximate surface area is 149 Å². The van der Waals surface area contributed by atoms with E-state index in [1.807, 2.05) is 0 Å². The van der Waals surface area contributed by atoms with Crippen molar-refractivity contribution in [1.29, 1.82) is 0 Å².